The second-order valence-electron chi connectivity index (χ2n) is 6.76. The maximum atomic E-state index is 13.3. The summed E-state index contributed by atoms with van der Waals surface area (Å²) >= 11 is 0. The molecule has 4 rings (SSSR count). The van der Waals surface area contributed by atoms with Crippen molar-refractivity contribution in [3.8, 4) is 11.5 Å². The predicted octanol–water partition coefficient (Wildman–Crippen LogP) is 3.91. The molecular weight excluding hydrogens is 396 g/mol. The molecule has 1 aliphatic rings. The van der Waals surface area contributed by atoms with Crippen molar-refractivity contribution in [1.82, 2.24) is 5.32 Å². The van der Waals surface area contributed by atoms with Crippen molar-refractivity contribution in [2.45, 2.75) is 6.92 Å². The number of hydrogen-bond donors (Lipinski definition) is 1. The summed E-state index contributed by atoms with van der Waals surface area (Å²) in [5, 5.41) is 3.91. The molecule has 3 aromatic carbocycles. The molecule has 1 fully saturated rings. The molecule has 0 unspecified atom stereocenters. The van der Waals surface area contributed by atoms with E-state index < -0.39 is 17.8 Å². The van der Waals surface area contributed by atoms with Gasteiger partial charge in [0.1, 0.15) is 17.1 Å². The van der Waals surface area contributed by atoms with E-state index >= 15 is 0 Å². The molecule has 3 aromatic rings. The Bertz CT molecular complexity index is 1230. The van der Waals surface area contributed by atoms with Crippen molar-refractivity contribution in [1.29, 1.82) is 0 Å². The highest BCUT2D eigenvalue weighted by atomic mass is 16.5. The van der Waals surface area contributed by atoms with E-state index in [0.29, 0.717) is 23.7 Å². The summed E-state index contributed by atoms with van der Waals surface area (Å²) in [6, 6.07) is 16.9. The number of benzene rings is 3. The van der Waals surface area contributed by atoms with Gasteiger partial charge >= 0.3 is 6.03 Å². The van der Waals surface area contributed by atoms with Gasteiger partial charge in [0.05, 0.1) is 19.4 Å². The topological polar surface area (TPSA) is 84.9 Å². The lowest BCUT2D eigenvalue weighted by atomic mass is 10.00. The number of rotatable bonds is 5. The Morgan fingerprint density at radius 3 is 2.35 bits per heavy atom. The van der Waals surface area contributed by atoms with Gasteiger partial charge in [0.15, 0.2) is 0 Å². The third-order valence-electron chi connectivity index (χ3n) is 4.95. The third kappa shape index (κ3) is 3.61. The quantitative estimate of drug-likeness (QED) is 0.504. The van der Waals surface area contributed by atoms with Crippen LogP contribution in [0.15, 0.2) is 66.2 Å². The number of barbiturate groups is 1. The fourth-order valence-electron chi connectivity index (χ4n) is 3.55. The standard InChI is InChI=1S/C24H20N2O5/c1-3-31-21-11-7-6-10-19(21)26-23(28)18(22(27)25-24(26)29)14-15-12-13-20(30-2)17-9-5-4-8-16(15)17/h4-14H,3H2,1-2H3,(H,25,27,29)/b18-14+. The number of anilines is 1. The molecule has 0 bridgehead atoms. The molecule has 0 radical (unpaired) electrons. The zero-order valence-electron chi connectivity index (χ0n) is 17.0. The number of para-hydroxylation sites is 2. The van der Waals surface area contributed by atoms with Gasteiger partial charge in [0.2, 0.25) is 0 Å². The smallest absolute Gasteiger partial charge is 0.336 e. The molecule has 0 spiro atoms. The van der Waals surface area contributed by atoms with E-state index in [1.54, 1.807) is 50.4 Å². The summed E-state index contributed by atoms with van der Waals surface area (Å²) < 4.78 is 11.0. The molecule has 1 N–H and O–H groups in total. The van der Waals surface area contributed by atoms with E-state index in [2.05, 4.69) is 5.32 Å². The number of nitrogens with zero attached hydrogens (tertiary/aromatic N) is 1. The molecule has 0 aliphatic carbocycles. The van der Waals surface area contributed by atoms with Crippen LogP contribution in [0.4, 0.5) is 10.5 Å². The summed E-state index contributed by atoms with van der Waals surface area (Å²) in [4.78, 5) is 39.3. The first kappa shape index (κ1) is 20.2. The Balaban J connectivity index is 1.82. The highest BCUT2D eigenvalue weighted by Gasteiger charge is 2.38. The van der Waals surface area contributed by atoms with Crippen LogP contribution in [-0.4, -0.2) is 31.6 Å². The van der Waals surface area contributed by atoms with Gasteiger partial charge in [-0.05, 0) is 42.1 Å². The minimum atomic E-state index is -0.820. The maximum absolute atomic E-state index is 13.3. The van der Waals surface area contributed by atoms with Crippen LogP contribution in [0.25, 0.3) is 16.8 Å². The number of amides is 4. The summed E-state index contributed by atoms with van der Waals surface area (Å²) in [6.07, 6.45) is 1.49. The van der Waals surface area contributed by atoms with E-state index in [1.807, 2.05) is 24.3 Å². The first-order valence-electron chi connectivity index (χ1n) is 9.74. The third-order valence-corrected chi connectivity index (χ3v) is 4.95. The van der Waals surface area contributed by atoms with Gasteiger partial charge in [0, 0.05) is 5.39 Å². The molecule has 7 heteroatoms. The first-order valence-corrected chi connectivity index (χ1v) is 9.74. The number of carbonyl (C=O) groups excluding carboxylic acids is 3. The minimum absolute atomic E-state index is 0.152. The first-order chi connectivity index (χ1) is 15.0. The highest BCUT2D eigenvalue weighted by molar-refractivity contribution is 6.39. The summed E-state index contributed by atoms with van der Waals surface area (Å²) in [5.74, 6) is -0.419. The van der Waals surface area contributed by atoms with Gasteiger partial charge in [-0.1, -0.05) is 42.5 Å². The Kier molecular flexibility index (Phi) is 5.41. The van der Waals surface area contributed by atoms with Crippen molar-refractivity contribution in [2.24, 2.45) is 0 Å². The van der Waals surface area contributed by atoms with E-state index in [-0.39, 0.29) is 11.3 Å². The lowest BCUT2D eigenvalue weighted by molar-refractivity contribution is -0.122. The molecular formula is C24H20N2O5. The summed E-state index contributed by atoms with van der Waals surface area (Å²) in [6.45, 7) is 2.17. The molecule has 1 heterocycles. The van der Waals surface area contributed by atoms with Crippen molar-refractivity contribution in [3.05, 3.63) is 71.8 Å². The Morgan fingerprint density at radius 2 is 1.61 bits per heavy atom. The van der Waals surface area contributed by atoms with Crippen LogP contribution in [0.5, 0.6) is 11.5 Å². The maximum Gasteiger partial charge on any atom is 0.336 e. The normalized spacial score (nSPS) is 15.4. The summed E-state index contributed by atoms with van der Waals surface area (Å²) in [5.41, 5.74) is 0.772. The molecule has 1 saturated heterocycles. The minimum Gasteiger partial charge on any atom is -0.496 e. The van der Waals surface area contributed by atoms with Crippen LogP contribution in [0.2, 0.25) is 0 Å². The number of fused-ring (bicyclic) bond motifs is 1. The Labute approximate surface area is 178 Å². The van der Waals surface area contributed by atoms with Crippen LogP contribution in [0, 0.1) is 0 Å². The second-order valence-corrected chi connectivity index (χ2v) is 6.76. The number of imide groups is 2. The lowest BCUT2D eigenvalue weighted by Crippen LogP contribution is -2.54. The number of urea groups is 1. The number of nitrogens with one attached hydrogen (secondary N) is 1. The van der Waals surface area contributed by atoms with Crippen LogP contribution in [0.1, 0.15) is 12.5 Å². The zero-order chi connectivity index (χ0) is 22.0. The Morgan fingerprint density at radius 1 is 0.903 bits per heavy atom. The van der Waals surface area contributed by atoms with E-state index in [0.717, 1.165) is 15.7 Å². The van der Waals surface area contributed by atoms with Crippen molar-refractivity contribution in [3.63, 3.8) is 0 Å². The average Bonchev–Trinajstić information content (AvgIpc) is 2.77. The molecule has 7 nitrogen and oxygen atoms in total. The lowest BCUT2D eigenvalue weighted by Gasteiger charge is -2.27. The number of ether oxygens (including phenoxy) is 2. The monoisotopic (exact) mass is 416 g/mol. The number of hydrogen-bond acceptors (Lipinski definition) is 5. The van der Waals surface area contributed by atoms with E-state index in [9.17, 15) is 14.4 Å². The average molecular weight is 416 g/mol. The van der Waals surface area contributed by atoms with Gasteiger partial charge in [-0.15, -0.1) is 0 Å². The molecule has 156 valence electrons. The fourth-order valence-corrected chi connectivity index (χ4v) is 3.55. The van der Waals surface area contributed by atoms with Gasteiger partial charge in [-0.25, -0.2) is 9.69 Å². The number of methoxy groups -OCH3 is 1. The fraction of sp³-hybridized carbons (Fsp3) is 0.125. The molecule has 1 aliphatic heterocycles. The molecule has 0 aromatic heterocycles. The van der Waals surface area contributed by atoms with Gasteiger partial charge in [0.25, 0.3) is 11.8 Å². The highest BCUT2D eigenvalue weighted by Crippen LogP contribution is 2.33. The van der Waals surface area contributed by atoms with E-state index in [1.165, 1.54) is 6.08 Å². The van der Waals surface area contributed by atoms with Gasteiger partial charge in [-0.2, -0.15) is 0 Å². The molecule has 0 saturated carbocycles. The SMILES string of the molecule is CCOc1ccccc1N1C(=O)NC(=O)/C(=C\c2ccc(OC)c3ccccc23)C1=O. The second kappa shape index (κ2) is 8.31. The van der Waals surface area contributed by atoms with Crippen molar-refractivity contribution >= 4 is 40.4 Å². The van der Waals surface area contributed by atoms with Crippen LogP contribution in [-0.2, 0) is 9.59 Å². The Hall–Kier alpha value is -4.13. The summed E-state index contributed by atoms with van der Waals surface area (Å²) in [7, 11) is 1.58. The molecule has 31 heavy (non-hydrogen) atoms. The van der Waals surface area contributed by atoms with Crippen LogP contribution in [0.3, 0.4) is 0 Å². The molecule has 0 atom stereocenters. The predicted molar refractivity (Wildman–Crippen MR) is 117 cm³/mol. The van der Waals surface area contributed by atoms with Gasteiger partial charge < -0.3 is 9.47 Å². The largest absolute Gasteiger partial charge is 0.496 e. The van der Waals surface area contributed by atoms with E-state index in [4.69, 9.17) is 9.47 Å². The zero-order valence-corrected chi connectivity index (χ0v) is 17.0. The van der Waals surface area contributed by atoms with Gasteiger partial charge in [-0.3, -0.25) is 14.9 Å². The van der Waals surface area contributed by atoms with Crippen LogP contribution < -0.4 is 19.7 Å². The van der Waals surface area contributed by atoms with Crippen molar-refractivity contribution < 1.29 is 23.9 Å². The van der Waals surface area contributed by atoms with Crippen molar-refractivity contribution in [2.75, 3.05) is 18.6 Å². The molecule has 4 amide bonds. The van der Waals surface area contributed by atoms with Crippen LogP contribution >= 0.6 is 0 Å². The number of carbonyl (C=O) groups is 3.